The number of nitrogens with two attached hydrogens (primary N) is 1. The third kappa shape index (κ3) is 6.32. The molecule has 0 radical (unpaired) electrons. The largest absolute Gasteiger partial charge is 0.424 e. The van der Waals surface area contributed by atoms with E-state index in [4.69, 9.17) is 33.7 Å². The van der Waals surface area contributed by atoms with Crippen LogP contribution in [0.4, 0.5) is 35.2 Å². The van der Waals surface area contributed by atoms with Crippen LogP contribution in [0.25, 0.3) is 11.1 Å². The molecule has 8 nitrogen and oxygen atoms in total. The quantitative estimate of drug-likeness (QED) is 0.257. The van der Waals surface area contributed by atoms with Crippen molar-refractivity contribution < 1.29 is 22.7 Å². The van der Waals surface area contributed by atoms with Crippen LogP contribution < -0.4 is 21.1 Å². The van der Waals surface area contributed by atoms with Crippen LogP contribution in [0.15, 0.2) is 67.1 Å². The van der Waals surface area contributed by atoms with Crippen molar-refractivity contribution in [3.63, 3.8) is 0 Å². The predicted molar refractivity (Wildman–Crippen MR) is 130 cm³/mol. The number of aromatic nitrogens is 3. The minimum absolute atomic E-state index is 0.00213. The van der Waals surface area contributed by atoms with Gasteiger partial charge in [-0.25, -0.2) is 19.7 Å². The number of ether oxygens (including phenoxy) is 1. The second-order valence-electron chi connectivity index (χ2n) is 7.27. The summed E-state index contributed by atoms with van der Waals surface area (Å²) in [6, 6.07) is 10.5. The first-order valence-electron chi connectivity index (χ1n) is 10.0. The van der Waals surface area contributed by atoms with Crippen LogP contribution in [0.1, 0.15) is 5.56 Å². The fourth-order valence-electron chi connectivity index (χ4n) is 3.04. The number of amides is 2. The normalized spacial score (nSPS) is 11.1. The average molecular weight is 535 g/mol. The molecule has 0 saturated heterocycles. The monoisotopic (exact) mass is 534 g/mol. The van der Waals surface area contributed by atoms with E-state index in [1.165, 1.54) is 24.7 Å². The Morgan fingerprint density at radius 1 is 0.861 bits per heavy atom. The topological polar surface area (TPSA) is 115 Å². The molecular weight excluding hydrogens is 520 g/mol. The summed E-state index contributed by atoms with van der Waals surface area (Å²) in [7, 11) is 0. The molecule has 0 aliphatic heterocycles. The molecule has 0 aliphatic carbocycles. The van der Waals surface area contributed by atoms with Crippen LogP contribution in [0.3, 0.4) is 0 Å². The standard InChI is InChI=1S/C23H15Cl2F3N6O2/c24-14-5-13(23(26,27)28)6-16(7-14)33-21(35)34-17-10-31-22(32-11-17)36-18-3-1-12(2-4-18)19-8-15(25)9-30-20(19)29/h1-11H,(H2,29,30)(H2,33,34,35). The molecule has 4 N–H and O–H groups in total. The maximum Gasteiger partial charge on any atom is 0.416 e. The van der Waals surface area contributed by atoms with Crippen LogP contribution in [-0.2, 0) is 6.18 Å². The highest BCUT2D eigenvalue weighted by Gasteiger charge is 2.31. The SMILES string of the molecule is Nc1ncc(Cl)cc1-c1ccc(Oc2ncc(NC(=O)Nc3cc(Cl)cc(C(F)(F)F)c3)cn2)cc1. The van der Waals surface area contributed by atoms with Gasteiger partial charge in [-0.2, -0.15) is 13.2 Å². The number of halogens is 5. The molecule has 2 amide bonds. The highest BCUT2D eigenvalue weighted by Crippen LogP contribution is 2.33. The third-order valence-electron chi connectivity index (χ3n) is 4.63. The summed E-state index contributed by atoms with van der Waals surface area (Å²) in [6.07, 6.45) is -0.610. The molecule has 0 aliphatic rings. The van der Waals surface area contributed by atoms with Gasteiger partial charge in [0.1, 0.15) is 11.6 Å². The molecule has 2 aromatic carbocycles. The number of nitrogens with zero attached hydrogens (tertiary/aromatic N) is 3. The Kier molecular flexibility index (Phi) is 7.13. The Balaban J connectivity index is 1.37. The zero-order chi connectivity index (χ0) is 25.9. The second-order valence-corrected chi connectivity index (χ2v) is 8.15. The molecule has 4 aromatic rings. The molecular formula is C23H15Cl2F3N6O2. The van der Waals surface area contributed by atoms with E-state index >= 15 is 0 Å². The van der Waals surface area contributed by atoms with Crippen LogP contribution in [0, 0.1) is 0 Å². The van der Waals surface area contributed by atoms with E-state index in [9.17, 15) is 18.0 Å². The summed E-state index contributed by atoms with van der Waals surface area (Å²) in [5.74, 6) is 0.770. The molecule has 0 atom stereocenters. The van der Waals surface area contributed by atoms with Gasteiger partial charge in [-0.3, -0.25) is 0 Å². The number of pyridine rings is 1. The van der Waals surface area contributed by atoms with Gasteiger partial charge < -0.3 is 21.1 Å². The Bertz CT molecular complexity index is 1400. The number of urea groups is 1. The maximum atomic E-state index is 12.9. The zero-order valence-electron chi connectivity index (χ0n) is 18.0. The van der Waals surface area contributed by atoms with Crippen molar-refractivity contribution in [2.75, 3.05) is 16.4 Å². The zero-order valence-corrected chi connectivity index (χ0v) is 19.5. The number of nitrogen functional groups attached to an aromatic ring is 1. The second kappa shape index (κ2) is 10.3. The van der Waals surface area contributed by atoms with Gasteiger partial charge in [-0.15, -0.1) is 0 Å². The Hall–Kier alpha value is -4.09. The minimum atomic E-state index is -4.61. The lowest BCUT2D eigenvalue weighted by Crippen LogP contribution is -2.20. The van der Waals surface area contributed by atoms with Crippen LogP contribution >= 0.6 is 23.2 Å². The molecule has 0 spiro atoms. The van der Waals surface area contributed by atoms with E-state index < -0.39 is 17.8 Å². The first-order valence-corrected chi connectivity index (χ1v) is 10.8. The van der Waals surface area contributed by atoms with Gasteiger partial charge in [-0.1, -0.05) is 35.3 Å². The molecule has 13 heteroatoms. The number of anilines is 3. The van der Waals surface area contributed by atoms with Crippen molar-refractivity contribution in [3.05, 3.63) is 82.7 Å². The molecule has 0 unspecified atom stereocenters. The summed E-state index contributed by atoms with van der Waals surface area (Å²) in [5, 5.41) is 4.97. The molecule has 0 bridgehead atoms. The lowest BCUT2D eigenvalue weighted by atomic mass is 10.1. The lowest BCUT2D eigenvalue weighted by molar-refractivity contribution is -0.137. The fourth-order valence-corrected chi connectivity index (χ4v) is 3.43. The van der Waals surface area contributed by atoms with Crippen molar-refractivity contribution in [1.29, 1.82) is 0 Å². The number of carbonyl (C=O) groups excluding carboxylic acids is 1. The Morgan fingerprint density at radius 3 is 2.19 bits per heavy atom. The van der Waals surface area contributed by atoms with Crippen molar-refractivity contribution in [2.45, 2.75) is 6.18 Å². The number of benzene rings is 2. The number of hydrogen-bond acceptors (Lipinski definition) is 6. The van der Waals surface area contributed by atoms with Crippen molar-refractivity contribution in [1.82, 2.24) is 15.0 Å². The van der Waals surface area contributed by atoms with Gasteiger partial charge in [0.15, 0.2) is 0 Å². The summed E-state index contributed by atoms with van der Waals surface area (Å²) in [4.78, 5) is 24.2. The van der Waals surface area contributed by atoms with Gasteiger partial charge in [0.25, 0.3) is 0 Å². The van der Waals surface area contributed by atoms with Crippen LogP contribution in [-0.4, -0.2) is 21.0 Å². The third-order valence-corrected chi connectivity index (χ3v) is 5.05. The summed E-state index contributed by atoms with van der Waals surface area (Å²) in [5.41, 5.74) is 6.41. The molecule has 0 saturated carbocycles. The lowest BCUT2D eigenvalue weighted by Gasteiger charge is -2.12. The number of rotatable bonds is 5. The summed E-state index contributed by atoms with van der Waals surface area (Å²) >= 11 is 11.7. The van der Waals surface area contributed by atoms with Gasteiger partial charge in [0.2, 0.25) is 0 Å². The Morgan fingerprint density at radius 2 is 1.53 bits per heavy atom. The van der Waals surface area contributed by atoms with E-state index in [-0.39, 0.29) is 22.4 Å². The minimum Gasteiger partial charge on any atom is -0.424 e. The first kappa shape index (κ1) is 25.0. The molecule has 0 fully saturated rings. The Labute approximate surface area is 212 Å². The number of nitrogens with one attached hydrogen (secondary N) is 2. The molecule has 4 rings (SSSR count). The van der Waals surface area contributed by atoms with Crippen LogP contribution in [0.5, 0.6) is 11.8 Å². The van der Waals surface area contributed by atoms with Crippen molar-refractivity contribution in [2.24, 2.45) is 0 Å². The summed E-state index contributed by atoms with van der Waals surface area (Å²) in [6.45, 7) is 0. The highest BCUT2D eigenvalue weighted by atomic mass is 35.5. The van der Waals surface area contributed by atoms with Gasteiger partial charge in [0, 0.05) is 22.5 Å². The molecule has 184 valence electrons. The van der Waals surface area contributed by atoms with E-state index in [0.717, 1.165) is 17.7 Å². The van der Waals surface area contributed by atoms with E-state index in [0.29, 0.717) is 22.2 Å². The molecule has 36 heavy (non-hydrogen) atoms. The van der Waals surface area contributed by atoms with E-state index in [2.05, 4.69) is 25.6 Å². The van der Waals surface area contributed by atoms with Crippen molar-refractivity contribution >= 4 is 46.4 Å². The average Bonchev–Trinajstić information content (AvgIpc) is 2.81. The number of hydrogen-bond donors (Lipinski definition) is 3. The number of carbonyl (C=O) groups is 1. The van der Waals surface area contributed by atoms with Crippen LogP contribution in [0.2, 0.25) is 10.0 Å². The molecule has 2 heterocycles. The van der Waals surface area contributed by atoms with E-state index in [1.807, 2.05) is 0 Å². The van der Waals surface area contributed by atoms with E-state index in [1.54, 1.807) is 30.3 Å². The van der Waals surface area contributed by atoms with Crippen molar-refractivity contribution in [3.8, 4) is 22.9 Å². The van der Waals surface area contributed by atoms with Gasteiger partial charge in [-0.05, 0) is 42.0 Å². The highest BCUT2D eigenvalue weighted by molar-refractivity contribution is 6.31. The van der Waals surface area contributed by atoms with Gasteiger partial charge in [0.05, 0.1) is 28.7 Å². The predicted octanol–water partition coefficient (Wildman–Crippen LogP) is 6.88. The van der Waals surface area contributed by atoms with Gasteiger partial charge >= 0.3 is 18.2 Å². The fraction of sp³-hybridized carbons (Fsp3) is 0.0435. The smallest absolute Gasteiger partial charge is 0.416 e. The summed E-state index contributed by atoms with van der Waals surface area (Å²) < 4.78 is 44.4. The first-order chi connectivity index (χ1) is 17.1. The molecule has 2 aromatic heterocycles. The maximum absolute atomic E-state index is 12.9. The number of alkyl halides is 3.